The predicted molar refractivity (Wildman–Crippen MR) is 110 cm³/mol. The number of benzene rings is 2. The molecule has 1 amide bonds. The Bertz CT molecular complexity index is 854. The Labute approximate surface area is 169 Å². The number of rotatable bonds is 6. The van der Waals surface area contributed by atoms with Crippen LogP contribution in [0.2, 0.25) is 5.02 Å². The molecule has 1 saturated carbocycles. The van der Waals surface area contributed by atoms with Crippen molar-refractivity contribution in [3.8, 4) is 0 Å². The van der Waals surface area contributed by atoms with Crippen molar-refractivity contribution in [1.29, 1.82) is 0 Å². The van der Waals surface area contributed by atoms with E-state index in [0.717, 1.165) is 31.5 Å². The van der Waals surface area contributed by atoms with Gasteiger partial charge in [-0.1, -0.05) is 23.7 Å². The highest BCUT2D eigenvalue weighted by molar-refractivity contribution is 6.30. The molecule has 0 bridgehead atoms. The van der Waals surface area contributed by atoms with E-state index in [1.165, 1.54) is 18.5 Å². The lowest BCUT2D eigenvalue weighted by Gasteiger charge is -2.18. The Morgan fingerprint density at radius 2 is 1.64 bits per heavy atom. The molecule has 4 rings (SSSR count). The zero-order valence-corrected chi connectivity index (χ0v) is 16.4. The fourth-order valence-electron chi connectivity index (χ4n) is 3.70. The number of amides is 1. The third-order valence-corrected chi connectivity index (χ3v) is 5.75. The molecule has 1 aliphatic carbocycles. The molecule has 0 aromatic heterocycles. The molecule has 1 heterocycles. The summed E-state index contributed by atoms with van der Waals surface area (Å²) in [5, 5.41) is 3.41. The van der Waals surface area contributed by atoms with Gasteiger partial charge in [0.15, 0.2) is 6.61 Å². The predicted octanol–water partition coefficient (Wildman–Crippen LogP) is 4.15. The maximum Gasteiger partial charge on any atom is 0.317 e. The van der Waals surface area contributed by atoms with E-state index in [0.29, 0.717) is 10.7 Å². The van der Waals surface area contributed by atoms with E-state index in [-0.39, 0.29) is 18.5 Å². The van der Waals surface area contributed by atoms with Gasteiger partial charge in [0, 0.05) is 29.5 Å². The first-order valence-electron chi connectivity index (χ1n) is 9.65. The van der Waals surface area contributed by atoms with Gasteiger partial charge in [0.2, 0.25) is 0 Å². The molecule has 146 valence electrons. The van der Waals surface area contributed by atoms with Gasteiger partial charge in [-0.25, -0.2) is 0 Å². The van der Waals surface area contributed by atoms with Gasteiger partial charge < -0.3 is 15.0 Å². The van der Waals surface area contributed by atoms with E-state index in [2.05, 4.69) is 10.2 Å². The second kappa shape index (κ2) is 7.84. The number of nitrogens with zero attached hydrogens (tertiary/aromatic N) is 1. The minimum atomic E-state index is -0.623. The number of carbonyl (C=O) groups is 2. The summed E-state index contributed by atoms with van der Waals surface area (Å²) in [5.41, 5.74) is 2.13. The van der Waals surface area contributed by atoms with Gasteiger partial charge in [0.05, 0.1) is 5.41 Å². The summed E-state index contributed by atoms with van der Waals surface area (Å²) in [5.74, 6) is -0.691. The van der Waals surface area contributed by atoms with Gasteiger partial charge >= 0.3 is 5.97 Å². The molecule has 2 aromatic rings. The summed E-state index contributed by atoms with van der Waals surface area (Å²) in [6, 6.07) is 15.0. The van der Waals surface area contributed by atoms with Crippen LogP contribution < -0.4 is 10.2 Å². The first-order chi connectivity index (χ1) is 13.6. The summed E-state index contributed by atoms with van der Waals surface area (Å²) < 4.78 is 5.30. The Kier molecular flexibility index (Phi) is 5.27. The largest absolute Gasteiger partial charge is 0.455 e. The Balaban J connectivity index is 1.29. The molecule has 0 spiro atoms. The molecular formula is C22H23ClN2O3. The number of hydrogen-bond donors (Lipinski definition) is 1. The van der Waals surface area contributed by atoms with Crippen LogP contribution in [-0.4, -0.2) is 31.6 Å². The first-order valence-corrected chi connectivity index (χ1v) is 10.0. The first kappa shape index (κ1) is 18.8. The van der Waals surface area contributed by atoms with Crippen LogP contribution >= 0.6 is 11.6 Å². The van der Waals surface area contributed by atoms with Crippen molar-refractivity contribution in [1.82, 2.24) is 0 Å². The molecule has 1 aliphatic heterocycles. The Hall–Kier alpha value is -2.53. The van der Waals surface area contributed by atoms with Crippen LogP contribution in [-0.2, 0) is 19.7 Å². The number of ether oxygens (including phenoxy) is 1. The maximum absolute atomic E-state index is 12.5. The highest BCUT2D eigenvalue weighted by Gasteiger charge is 2.52. The SMILES string of the molecule is O=C(COC(=O)C1(c2ccc(Cl)cc2)CC1)Nc1ccc(N2CCCC2)cc1. The average Bonchev–Trinajstić information content (AvgIpc) is 3.33. The van der Waals surface area contributed by atoms with Gasteiger partial charge in [-0.05, 0) is 67.6 Å². The quantitative estimate of drug-likeness (QED) is 0.742. The van der Waals surface area contributed by atoms with Gasteiger partial charge in [-0.2, -0.15) is 0 Å². The molecule has 1 saturated heterocycles. The van der Waals surface area contributed by atoms with Gasteiger partial charge in [0.1, 0.15) is 0 Å². The summed E-state index contributed by atoms with van der Waals surface area (Å²) in [7, 11) is 0. The normalized spacial score (nSPS) is 17.2. The van der Waals surface area contributed by atoms with Crippen LogP contribution in [0.5, 0.6) is 0 Å². The van der Waals surface area contributed by atoms with E-state index in [4.69, 9.17) is 16.3 Å². The molecule has 2 aromatic carbocycles. The lowest BCUT2D eigenvalue weighted by atomic mass is 9.96. The molecule has 28 heavy (non-hydrogen) atoms. The summed E-state index contributed by atoms with van der Waals surface area (Å²) >= 11 is 5.92. The average molecular weight is 399 g/mol. The van der Waals surface area contributed by atoms with E-state index in [1.54, 1.807) is 12.1 Å². The zero-order chi connectivity index (χ0) is 19.6. The zero-order valence-electron chi connectivity index (χ0n) is 15.6. The molecule has 0 radical (unpaired) electrons. The van der Waals surface area contributed by atoms with Crippen molar-refractivity contribution in [3.05, 3.63) is 59.1 Å². The van der Waals surface area contributed by atoms with E-state index >= 15 is 0 Å². The van der Waals surface area contributed by atoms with E-state index in [9.17, 15) is 9.59 Å². The number of carbonyl (C=O) groups excluding carboxylic acids is 2. The number of nitrogens with one attached hydrogen (secondary N) is 1. The van der Waals surface area contributed by atoms with Crippen molar-refractivity contribution in [3.63, 3.8) is 0 Å². The van der Waals surface area contributed by atoms with Gasteiger partial charge in [0.25, 0.3) is 5.91 Å². The van der Waals surface area contributed by atoms with Crippen LogP contribution in [0.25, 0.3) is 0 Å². The number of hydrogen-bond acceptors (Lipinski definition) is 4. The lowest BCUT2D eigenvalue weighted by Crippen LogP contribution is -2.28. The fraction of sp³-hybridized carbons (Fsp3) is 0.364. The highest BCUT2D eigenvalue weighted by Crippen LogP contribution is 2.49. The van der Waals surface area contributed by atoms with Crippen molar-refractivity contribution in [2.45, 2.75) is 31.1 Å². The second-order valence-corrected chi connectivity index (χ2v) is 7.89. The molecule has 6 heteroatoms. The molecular weight excluding hydrogens is 376 g/mol. The molecule has 2 aliphatic rings. The Morgan fingerprint density at radius 3 is 2.25 bits per heavy atom. The van der Waals surface area contributed by atoms with E-state index < -0.39 is 5.41 Å². The molecule has 5 nitrogen and oxygen atoms in total. The van der Waals surface area contributed by atoms with Crippen molar-refractivity contribution < 1.29 is 14.3 Å². The summed E-state index contributed by atoms with van der Waals surface area (Å²) in [6.45, 7) is 1.87. The van der Waals surface area contributed by atoms with Crippen LogP contribution in [0.3, 0.4) is 0 Å². The third-order valence-electron chi connectivity index (χ3n) is 5.49. The topological polar surface area (TPSA) is 58.6 Å². The fourth-order valence-corrected chi connectivity index (χ4v) is 3.83. The van der Waals surface area contributed by atoms with Crippen molar-refractivity contribution in [2.24, 2.45) is 0 Å². The monoisotopic (exact) mass is 398 g/mol. The van der Waals surface area contributed by atoms with Crippen LogP contribution in [0.1, 0.15) is 31.2 Å². The standard InChI is InChI=1S/C22H23ClN2O3/c23-17-5-3-16(4-6-17)22(11-12-22)21(27)28-15-20(26)24-18-7-9-19(10-8-18)25-13-1-2-14-25/h3-10H,1-2,11-15H2,(H,24,26). The van der Waals surface area contributed by atoms with Gasteiger partial charge in [-0.3, -0.25) is 9.59 Å². The van der Waals surface area contributed by atoms with Crippen molar-refractivity contribution >= 4 is 34.9 Å². The summed E-state index contributed by atoms with van der Waals surface area (Å²) in [4.78, 5) is 27.0. The highest BCUT2D eigenvalue weighted by atomic mass is 35.5. The van der Waals surface area contributed by atoms with Crippen LogP contribution in [0.15, 0.2) is 48.5 Å². The number of esters is 1. The third kappa shape index (κ3) is 3.99. The lowest BCUT2D eigenvalue weighted by molar-refractivity contribution is -0.150. The van der Waals surface area contributed by atoms with Crippen LogP contribution in [0, 0.1) is 0 Å². The van der Waals surface area contributed by atoms with Crippen molar-refractivity contribution in [2.75, 3.05) is 29.9 Å². The minimum absolute atomic E-state index is 0.290. The van der Waals surface area contributed by atoms with Crippen LogP contribution in [0.4, 0.5) is 11.4 Å². The van der Waals surface area contributed by atoms with E-state index in [1.807, 2.05) is 36.4 Å². The number of anilines is 2. The molecule has 0 atom stereocenters. The minimum Gasteiger partial charge on any atom is -0.455 e. The maximum atomic E-state index is 12.5. The molecule has 1 N–H and O–H groups in total. The summed E-state index contributed by atoms with van der Waals surface area (Å²) in [6.07, 6.45) is 3.91. The number of halogens is 1. The smallest absolute Gasteiger partial charge is 0.317 e. The Morgan fingerprint density at radius 1 is 1.00 bits per heavy atom. The molecule has 0 unspecified atom stereocenters. The van der Waals surface area contributed by atoms with Gasteiger partial charge in [-0.15, -0.1) is 0 Å². The second-order valence-electron chi connectivity index (χ2n) is 7.45. The molecule has 2 fully saturated rings.